The van der Waals surface area contributed by atoms with Crippen LogP contribution in [0.1, 0.15) is 11.3 Å². The molecule has 0 aliphatic carbocycles. The Labute approximate surface area is 184 Å². The number of thioether (sulfide) groups is 1. The van der Waals surface area contributed by atoms with Gasteiger partial charge in [0.15, 0.2) is 12.4 Å². The standard InChI is InChI=1S/C23H22ClNO4S/c24-18-8-10-19(11-9-18)29-14-23(27)25-21(13-17-5-2-1-3-6-17)22(26)16-30-15-20-7-4-12-28-20/h1-12,21H,13-16H2,(H,25,27)/t21-/m0/s1. The molecule has 1 atom stereocenters. The molecule has 0 radical (unpaired) electrons. The third kappa shape index (κ3) is 7.28. The first kappa shape index (κ1) is 22.0. The molecule has 0 aliphatic heterocycles. The Morgan fingerprint density at radius 2 is 1.80 bits per heavy atom. The maximum absolute atomic E-state index is 12.8. The molecule has 3 aromatic rings. The van der Waals surface area contributed by atoms with Crippen molar-refractivity contribution in [2.24, 2.45) is 0 Å². The molecule has 3 rings (SSSR count). The monoisotopic (exact) mass is 443 g/mol. The van der Waals surface area contributed by atoms with Crippen molar-refractivity contribution >= 4 is 35.1 Å². The van der Waals surface area contributed by atoms with Gasteiger partial charge in [-0.2, -0.15) is 0 Å². The number of rotatable bonds is 11. The molecular weight excluding hydrogens is 422 g/mol. The fourth-order valence-corrected chi connectivity index (χ4v) is 3.75. The second-order valence-corrected chi connectivity index (χ2v) is 8.01. The van der Waals surface area contributed by atoms with Crippen LogP contribution in [0.15, 0.2) is 77.4 Å². The van der Waals surface area contributed by atoms with Crippen LogP contribution in [0.2, 0.25) is 5.02 Å². The number of amides is 1. The van der Waals surface area contributed by atoms with Gasteiger partial charge in [0, 0.05) is 5.02 Å². The molecule has 0 fully saturated rings. The quantitative estimate of drug-likeness (QED) is 0.471. The first-order valence-electron chi connectivity index (χ1n) is 9.44. The third-order valence-electron chi connectivity index (χ3n) is 4.26. The molecule has 0 unspecified atom stereocenters. The third-order valence-corrected chi connectivity index (χ3v) is 5.49. The molecular formula is C23H22ClNO4S. The summed E-state index contributed by atoms with van der Waals surface area (Å²) in [7, 11) is 0. The van der Waals surface area contributed by atoms with Crippen molar-refractivity contribution in [2.75, 3.05) is 12.4 Å². The minimum absolute atomic E-state index is 0.0461. The highest BCUT2D eigenvalue weighted by atomic mass is 35.5. The zero-order valence-electron chi connectivity index (χ0n) is 16.3. The minimum atomic E-state index is -0.627. The number of ketones is 1. The number of nitrogens with one attached hydrogen (secondary N) is 1. The van der Waals surface area contributed by atoms with E-state index >= 15 is 0 Å². The van der Waals surface area contributed by atoms with Gasteiger partial charge in [-0.25, -0.2) is 0 Å². The van der Waals surface area contributed by atoms with Crippen molar-refractivity contribution in [3.05, 3.63) is 89.3 Å². The maximum Gasteiger partial charge on any atom is 0.258 e. The molecule has 0 bridgehead atoms. The number of benzene rings is 2. The Bertz CT molecular complexity index is 930. The van der Waals surface area contributed by atoms with Gasteiger partial charge in [0.1, 0.15) is 11.5 Å². The van der Waals surface area contributed by atoms with E-state index in [1.165, 1.54) is 11.8 Å². The van der Waals surface area contributed by atoms with E-state index in [-0.39, 0.29) is 24.1 Å². The molecule has 1 heterocycles. The van der Waals surface area contributed by atoms with Crippen LogP contribution >= 0.6 is 23.4 Å². The van der Waals surface area contributed by atoms with Crippen molar-refractivity contribution in [3.8, 4) is 5.75 Å². The van der Waals surface area contributed by atoms with E-state index < -0.39 is 6.04 Å². The SMILES string of the molecule is O=C(COc1ccc(Cl)cc1)N[C@@H](Cc1ccccc1)C(=O)CSCc1ccco1. The summed E-state index contributed by atoms with van der Waals surface area (Å²) in [6.45, 7) is -0.181. The van der Waals surface area contributed by atoms with Crippen molar-refractivity contribution in [1.82, 2.24) is 5.32 Å². The fraction of sp³-hybridized carbons (Fsp3) is 0.217. The van der Waals surface area contributed by atoms with E-state index in [1.54, 1.807) is 30.5 Å². The molecule has 0 spiro atoms. The molecule has 1 aromatic heterocycles. The lowest BCUT2D eigenvalue weighted by molar-refractivity contribution is -0.128. The van der Waals surface area contributed by atoms with Gasteiger partial charge in [-0.3, -0.25) is 9.59 Å². The van der Waals surface area contributed by atoms with Crippen molar-refractivity contribution in [2.45, 2.75) is 18.2 Å². The summed E-state index contributed by atoms with van der Waals surface area (Å²) in [5, 5.41) is 3.40. The summed E-state index contributed by atoms with van der Waals surface area (Å²) in [6, 6.07) is 19.4. The van der Waals surface area contributed by atoms with Crippen LogP contribution in [0.4, 0.5) is 0 Å². The van der Waals surface area contributed by atoms with Crippen LogP contribution in [0, 0.1) is 0 Å². The van der Waals surface area contributed by atoms with E-state index in [1.807, 2.05) is 42.5 Å². The molecule has 5 nitrogen and oxygen atoms in total. The number of halogens is 1. The number of Topliss-reactive ketones (excluding diaryl/α,β-unsaturated/α-hetero) is 1. The van der Waals surface area contributed by atoms with E-state index in [4.69, 9.17) is 20.8 Å². The predicted octanol–water partition coefficient (Wildman–Crippen LogP) is 4.54. The Morgan fingerprint density at radius 1 is 1.03 bits per heavy atom. The van der Waals surface area contributed by atoms with Crippen LogP contribution in [0.3, 0.4) is 0 Å². The number of carbonyl (C=O) groups excluding carboxylic acids is 2. The second kappa shape index (κ2) is 11.5. The number of furan rings is 1. The van der Waals surface area contributed by atoms with Gasteiger partial charge in [0.05, 0.1) is 23.8 Å². The molecule has 30 heavy (non-hydrogen) atoms. The smallest absolute Gasteiger partial charge is 0.258 e. The summed E-state index contributed by atoms with van der Waals surface area (Å²) in [6.07, 6.45) is 2.03. The highest BCUT2D eigenvalue weighted by molar-refractivity contribution is 7.99. The van der Waals surface area contributed by atoms with Gasteiger partial charge in [-0.15, -0.1) is 11.8 Å². The molecule has 2 aromatic carbocycles. The minimum Gasteiger partial charge on any atom is -0.484 e. The molecule has 0 saturated carbocycles. The average molecular weight is 444 g/mol. The van der Waals surface area contributed by atoms with Crippen LogP contribution in [0.25, 0.3) is 0 Å². The Morgan fingerprint density at radius 3 is 2.50 bits per heavy atom. The second-order valence-electron chi connectivity index (χ2n) is 6.59. The number of hydrogen-bond acceptors (Lipinski definition) is 5. The number of carbonyl (C=O) groups is 2. The first-order valence-corrected chi connectivity index (χ1v) is 11.0. The predicted molar refractivity (Wildman–Crippen MR) is 119 cm³/mol. The largest absolute Gasteiger partial charge is 0.484 e. The molecule has 0 aliphatic rings. The Hall–Kier alpha value is -2.70. The van der Waals surface area contributed by atoms with Crippen LogP contribution < -0.4 is 10.1 Å². The highest BCUT2D eigenvalue weighted by Crippen LogP contribution is 2.16. The summed E-state index contributed by atoms with van der Waals surface area (Å²) < 4.78 is 10.8. The molecule has 7 heteroatoms. The maximum atomic E-state index is 12.8. The molecule has 1 N–H and O–H groups in total. The van der Waals surface area contributed by atoms with Gasteiger partial charge >= 0.3 is 0 Å². The fourth-order valence-electron chi connectivity index (χ4n) is 2.76. The van der Waals surface area contributed by atoms with Gasteiger partial charge in [-0.05, 0) is 48.4 Å². The van der Waals surface area contributed by atoms with E-state index in [0.717, 1.165) is 11.3 Å². The topological polar surface area (TPSA) is 68.5 Å². The van der Waals surface area contributed by atoms with Crippen molar-refractivity contribution in [1.29, 1.82) is 0 Å². The number of ether oxygens (including phenoxy) is 1. The van der Waals surface area contributed by atoms with Gasteiger partial charge in [0.2, 0.25) is 0 Å². The first-order chi connectivity index (χ1) is 14.6. The average Bonchev–Trinajstić information content (AvgIpc) is 3.27. The van der Waals surface area contributed by atoms with Crippen molar-refractivity contribution in [3.63, 3.8) is 0 Å². The zero-order chi connectivity index (χ0) is 21.2. The van der Waals surface area contributed by atoms with Crippen LogP contribution in [-0.4, -0.2) is 30.1 Å². The van der Waals surface area contributed by atoms with E-state index in [2.05, 4.69) is 5.32 Å². The van der Waals surface area contributed by atoms with E-state index in [0.29, 0.717) is 22.9 Å². The van der Waals surface area contributed by atoms with Crippen molar-refractivity contribution < 1.29 is 18.7 Å². The summed E-state index contributed by atoms with van der Waals surface area (Å²) in [5.74, 6) is 1.83. The molecule has 156 valence electrons. The lowest BCUT2D eigenvalue weighted by Gasteiger charge is -2.18. The Kier molecular flexibility index (Phi) is 8.41. The van der Waals surface area contributed by atoms with Gasteiger partial charge in [-0.1, -0.05) is 41.9 Å². The van der Waals surface area contributed by atoms with Gasteiger partial charge < -0.3 is 14.5 Å². The van der Waals surface area contributed by atoms with E-state index in [9.17, 15) is 9.59 Å². The summed E-state index contributed by atoms with van der Waals surface area (Å²) >= 11 is 7.31. The van der Waals surface area contributed by atoms with Gasteiger partial charge in [0.25, 0.3) is 5.91 Å². The Balaban J connectivity index is 1.55. The normalized spacial score (nSPS) is 11.6. The van der Waals surface area contributed by atoms with Crippen LogP contribution in [-0.2, 0) is 21.8 Å². The van der Waals surface area contributed by atoms with Crippen LogP contribution in [0.5, 0.6) is 5.75 Å². The summed E-state index contributed by atoms with van der Waals surface area (Å²) in [5.41, 5.74) is 0.978. The molecule has 0 saturated heterocycles. The molecule has 1 amide bonds. The zero-order valence-corrected chi connectivity index (χ0v) is 17.8. The highest BCUT2D eigenvalue weighted by Gasteiger charge is 2.21. The number of hydrogen-bond donors (Lipinski definition) is 1. The lowest BCUT2D eigenvalue weighted by atomic mass is 10.0. The summed E-state index contributed by atoms with van der Waals surface area (Å²) in [4.78, 5) is 25.2. The lowest BCUT2D eigenvalue weighted by Crippen LogP contribution is -2.45.